The molecule has 26 heteroatoms. The fraction of sp³-hybridized carbons (Fsp3) is 0.252. The van der Waals surface area contributed by atoms with Gasteiger partial charge in [0.2, 0.25) is 0 Å². The molecule has 0 atom stereocenters. The van der Waals surface area contributed by atoms with Gasteiger partial charge in [-0.2, -0.15) is 25.5 Å². The molecule has 0 aliphatic heterocycles. The van der Waals surface area contributed by atoms with Crippen molar-refractivity contribution in [1.82, 2.24) is 111 Å². The SMILES string of the molecule is CC.CC.CC.CC.CC.CC.CC.CC.CC.Cc1cc(-c2ccc[nH]2)nc(-c2ccc(C)cc2F)c1.Cc1cc(-c2ccc[nH]2)nc(-c2ccc[nH]2)c1.Cc1cc(-c2ccn[nH]2)nc(-c2ccc(C)cc2F)c1.Cc1cc(-c2ccn[nH]2)nc(-c2ccn[nH]2)c1.Cc1cc(-c2ncn[nH]2)nc(-c2ncn[nH]2)c1.Cc1ccnc(-c2ccc(-c3ccc(F)cc3F)[nH]2)c1. The highest BCUT2D eigenvalue weighted by molar-refractivity contribution is 5.71. The largest absolute Gasteiger partial charge is 0.360 e. The normalized spacial score (nSPS) is 9.63. The molecular formula is C103H128F4N22. The standard InChI is InChI=1S/C17H15FN2.C16H12F2N2.C16H14FN3.C14H13N3.C12H11N5.C10H9N7.9C2H6/c1-11-5-6-13(14(18)8-11)16-9-12(2)10-17(20-16)15-4-3-7-19-15;1-10-6-7-19-16(8-10)15-5-4-14(20-15)12-3-2-11(17)9-13(12)18;1-10-3-4-12(13(17)7-10)15-8-11(2)9-16(19-15)14-5-6-18-20-14;1-10-8-13(11-4-2-6-15-11)17-14(9-10)12-5-3-7-16-12;1-8-6-11(9-2-4-13-16-9)15-12(7-8)10-3-5-14-17-10;1-6-2-7(9-11-4-13-16-9)15-8(3-6)10-12-5-14-17-10;9*1-2/h3-10,19H,1-2H3;2-9,20H,1H3;3-9H,1-2H3,(H,18,20);2-9,15-16H,1H3;2-7H,1H3,(H,13,16)(H,14,17);2-5H,1H3,(H,11,13,16)(H,12,14,17);9*1-2H3. The number of benzene rings is 3. The Morgan fingerprint density at radius 3 is 0.829 bits per heavy atom. The highest BCUT2D eigenvalue weighted by Gasteiger charge is 2.16. The third-order valence-electron chi connectivity index (χ3n) is 17.0. The molecule has 0 unspecified atom stereocenters. The van der Waals surface area contributed by atoms with E-state index in [-0.39, 0.29) is 11.6 Å². The maximum atomic E-state index is 14.1. The molecule has 22 nitrogen and oxygen atoms in total. The smallest absolute Gasteiger partial charge is 0.174 e. The second-order valence-corrected chi connectivity index (χ2v) is 26.0. The van der Waals surface area contributed by atoms with Gasteiger partial charge in [-0.25, -0.2) is 52.4 Å². The fourth-order valence-corrected chi connectivity index (χ4v) is 11.8. The van der Waals surface area contributed by atoms with Crippen molar-refractivity contribution in [2.24, 2.45) is 0 Å². The van der Waals surface area contributed by atoms with Crippen LogP contribution in [0.3, 0.4) is 0 Å². The van der Waals surface area contributed by atoms with Gasteiger partial charge in [0.05, 0.1) is 91.1 Å². The van der Waals surface area contributed by atoms with Crippen molar-refractivity contribution < 1.29 is 17.6 Å². The minimum atomic E-state index is -0.587. The second-order valence-electron chi connectivity index (χ2n) is 26.0. The maximum Gasteiger partial charge on any atom is 0.174 e. The van der Waals surface area contributed by atoms with Crippen molar-refractivity contribution >= 4 is 0 Å². The van der Waals surface area contributed by atoms with Crippen LogP contribution < -0.4 is 0 Å². The number of nitrogens with zero attached hydrogens (tertiary/aromatic N) is 13. The monoisotopic (exact) mass is 1750 g/mol. The highest BCUT2D eigenvalue weighted by atomic mass is 19.1. The van der Waals surface area contributed by atoms with Crippen molar-refractivity contribution in [2.75, 3.05) is 0 Å². The van der Waals surface area contributed by atoms with E-state index in [4.69, 9.17) is 0 Å². The van der Waals surface area contributed by atoms with Gasteiger partial charge in [0.25, 0.3) is 0 Å². The zero-order valence-electron chi connectivity index (χ0n) is 79.5. The molecule has 0 spiro atoms. The second kappa shape index (κ2) is 58.5. The quantitative estimate of drug-likeness (QED) is 0.0515. The molecule has 0 aliphatic rings. The molecule has 0 fully saturated rings. The summed E-state index contributed by atoms with van der Waals surface area (Å²) in [7, 11) is 0. The number of H-pyrrole nitrogens is 9. The number of aromatic amines is 9. The fourth-order valence-electron chi connectivity index (χ4n) is 11.8. The zero-order chi connectivity index (χ0) is 95.3. The van der Waals surface area contributed by atoms with Crippen LogP contribution in [0.2, 0.25) is 0 Å². The van der Waals surface area contributed by atoms with E-state index < -0.39 is 11.6 Å². The van der Waals surface area contributed by atoms with E-state index in [1.807, 2.05) is 325 Å². The van der Waals surface area contributed by atoms with Crippen LogP contribution in [-0.2, 0) is 0 Å². The van der Waals surface area contributed by atoms with Crippen LogP contribution in [0.15, 0.2) is 250 Å². The van der Waals surface area contributed by atoms with Crippen LogP contribution in [-0.4, -0.2) is 111 Å². The summed E-state index contributed by atoms with van der Waals surface area (Å²) in [5.41, 5.74) is 25.7. The lowest BCUT2D eigenvalue weighted by molar-refractivity contribution is 0.585. The minimum Gasteiger partial charge on any atom is -0.360 e. The topological polar surface area (TPSA) is 310 Å². The van der Waals surface area contributed by atoms with E-state index in [0.717, 1.165) is 136 Å². The van der Waals surface area contributed by atoms with Crippen LogP contribution in [0.4, 0.5) is 17.6 Å². The van der Waals surface area contributed by atoms with Crippen molar-refractivity contribution in [1.29, 1.82) is 0 Å². The molecule has 18 rings (SSSR count). The summed E-state index contributed by atoms with van der Waals surface area (Å²) in [4.78, 5) is 47.8. The molecule has 0 bridgehead atoms. The number of hydrogen-bond acceptors (Lipinski definition) is 13. The Hall–Kier alpha value is -14.7. The Labute approximate surface area is 758 Å². The zero-order valence-corrected chi connectivity index (χ0v) is 79.5. The first-order valence-electron chi connectivity index (χ1n) is 44.0. The van der Waals surface area contributed by atoms with Gasteiger partial charge in [0, 0.05) is 71.8 Å². The Bertz CT molecular complexity index is 5440. The molecule has 0 aliphatic carbocycles. The van der Waals surface area contributed by atoms with Crippen LogP contribution >= 0.6 is 0 Å². The number of rotatable bonds is 12. The number of aromatic nitrogens is 22. The average molecular weight is 1750 g/mol. The predicted octanol–water partition coefficient (Wildman–Crippen LogP) is 28.5. The van der Waals surface area contributed by atoms with Gasteiger partial charge >= 0.3 is 0 Å². The lowest BCUT2D eigenvalue weighted by Crippen LogP contribution is -1.93. The summed E-state index contributed by atoms with van der Waals surface area (Å²) in [5.74, 6) is -0.392. The number of aryl methyl sites for hydroxylation is 8. The number of hydrogen-bond donors (Lipinski definition) is 9. The van der Waals surface area contributed by atoms with Crippen molar-refractivity contribution in [2.45, 2.75) is 180 Å². The number of pyridine rings is 6. The third-order valence-corrected chi connectivity index (χ3v) is 17.0. The van der Waals surface area contributed by atoms with Gasteiger partial charge in [0.1, 0.15) is 47.3 Å². The van der Waals surface area contributed by atoms with Crippen molar-refractivity contribution in [3.63, 3.8) is 0 Å². The summed E-state index contributed by atoms with van der Waals surface area (Å²) in [6.07, 6.45) is 15.4. The van der Waals surface area contributed by atoms with Crippen LogP contribution in [0.5, 0.6) is 0 Å². The highest BCUT2D eigenvalue weighted by Crippen LogP contribution is 2.32. The Morgan fingerprint density at radius 2 is 0.519 bits per heavy atom. The molecule has 15 heterocycles. The molecule has 678 valence electrons. The predicted molar refractivity (Wildman–Crippen MR) is 524 cm³/mol. The summed E-state index contributed by atoms with van der Waals surface area (Å²) >= 11 is 0. The summed E-state index contributed by atoms with van der Waals surface area (Å²) < 4.78 is 54.8. The van der Waals surface area contributed by atoms with E-state index in [9.17, 15) is 17.6 Å². The lowest BCUT2D eigenvalue weighted by Gasteiger charge is -2.08. The molecule has 0 saturated heterocycles. The molecule has 18 aromatic rings. The van der Waals surface area contributed by atoms with Gasteiger partial charge in [-0.15, -0.1) is 0 Å². The van der Waals surface area contributed by atoms with Gasteiger partial charge in [-0.3, -0.25) is 30.5 Å². The maximum absolute atomic E-state index is 14.1. The summed E-state index contributed by atoms with van der Waals surface area (Å²) in [5, 5.41) is 33.7. The van der Waals surface area contributed by atoms with Crippen LogP contribution in [0.1, 0.15) is 169 Å². The minimum absolute atomic E-state index is 0.236. The Kier molecular flexibility index (Phi) is 48.4. The molecule has 15 aromatic heterocycles. The van der Waals surface area contributed by atoms with E-state index in [2.05, 4.69) is 130 Å². The molecule has 0 radical (unpaired) electrons. The molecule has 0 saturated carbocycles. The average Bonchev–Trinajstić information content (AvgIpc) is 0.993. The number of halogens is 4. The lowest BCUT2D eigenvalue weighted by atomic mass is 10.1. The first-order valence-corrected chi connectivity index (χ1v) is 44.0. The van der Waals surface area contributed by atoms with Gasteiger partial charge < -0.3 is 19.9 Å². The molecular weight excluding hydrogens is 1620 g/mol. The van der Waals surface area contributed by atoms with Gasteiger partial charge in [0.15, 0.2) is 11.6 Å². The van der Waals surface area contributed by atoms with Gasteiger partial charge in [-0.1, -0.05) is 137 Å². The van der Waals surface area contributed by atoms with Crippen LogP contribution in [0, 0.1) is 78.7 Å². The molecule has 129 heavy (non-hydrogen) atoms. The summed E-state index contributed by atoms with van der Waals surface area (Å²) in [6.45, 7) is 51.8. The van der Waals surface area contributed by atoms with Gasteiger partial charge in [-0.05, 0) is 276 Å². The van der Waals surface area contributed by atoms with E-state index in [0.29, 0.717) is 45.4 Å². The molecule has 9 N–H and O–H groups in total. The number of nitrogens with one attached hydrogen (secondary N) is 9. The van der Waals surface area contributed by atoms with Crippen LogP contribution in [0.25, 0.3) is 137 Å². The molecule has 3 aromatic carbocycles. The Morgan fingerprint density at radius 1 is 0.217 bits per heavy atom. The first kappa shape index (κ1) is 107. The third kappa shape index (κ3) is 32.7. The summed E-state index contributed by atoms with van der Waals surface area (Å²) in [6, 6.07) is 58.7. The first-order chi connectivity index (χ1) is 62.9. The molecule has 0 amide bonds. The van der Waals surface area contributed by atoms with E-state index in [1.165, 1.54) is 42.5 Å². The Balaban J connectivity index is 0.000000313. The van der Waals surface area contributed by atoms with E-state index in [1.54, 1.807) is 43.0 Å². The van der Waals surface area contributed by atoms with Crippen molar-refractivity contribution in [3.8, 4) is 137 Å². The van der Waals surface area contributed by atoms with Crippen molar-refractivity contribution in [3.05, 3.63) is 318 Å². The van der Waals surface area contributed by atoms with E-state index >= 15 is 0 Å².